The maximum atomic E-state index is 14.0. The van der Waals surface area contributed by atoms with Crippen molar-refractivity contribution in [3.63, 3.8) is 0 Å². The van der Waals surface area contributed by atoms with Crippen LogP contribution in [0.4, 0.5) is 18.9 Å². The molecule has 41 heavy (non-hydrogen) atoms. The number of imide groups is 1. The Hall–Kier alpha value is -2.90. The number of nitrogens with zero attached hydrogens (tertiary/aromatic N) is 3. The fourth-order valence-electron chi connectivity index (χ4n) is 5.84. The fraction of sp³-hybridized carbons (Fsp3) is 0.357. The number of piperidine rings is 1. The Morgan fingerprint density at radius 2 is 1.71 bits per heavy atom. The van der Waals surface area contributed by atoms with Crippen molar-refractivity contribution in [2.75, 3.05) is 18.0 Å². The third-order valence-electron chi connectivity index (χ3n) is 7.71. The van der Waals surface area contributed by atoms with Gasteiger partial charge in [-0.15, -0.1) is 0 Å². The highest BCUT2D eigenvalue weighted by Gasteiger charge is 2.57. The number of likely N-dealkylation sites (tertiary alicyclic amines) is 1. The monoisotopic (exact) mass is 665 g/mol. The smallest absolute Gasteiger partial charge is 0.341 e. The first-order chi connectivity index (χ1) is 19.6. The summed E-state index contributed by atoms with van der Waals surface area (Å²) in [6.07, 6.45) is -1.97. The van der Waals surface area contributed by atoms with Gasteiger partial charge in [-0.2, -0.15) is 13.2 Å². The number of hydrogen-bond donors (Lipinski definition) is 0. The Kier molecular flexibility index (Phi) is 7.39. The van der Waals surface area contributed by atoms with Crippen molar-refractivity contribution >= 4 is 62.4 Å². The summed E-state index contributed by atoms with van der Waals surface area (Å²) in [6.45, 7) is 1.01. The minimum absolute atomic E-state index is 0.205. The summed E-state index contributed by atoms with van der Waals surface area (Å²) < 4.78 is 43.8. The lowest BCUT2D eigenvalue weighted by atomic mass is 9.83. The van der Waals surface area contributed by atoms with Crippen LogP contribution in [0.25, 0.3) is 0 Å². The number of alkyl halides is 3. The lowest BCUT2D eigenvalue weighted by Gasteiger charge is -2.31. The van der Waals surface area contributed by atoms with E-state index in [1.165, 1.54) is 16.7 Å². The topological polar surface area (TPSA) is 79.7 Å². The van der Waals surface area contributed by atoms with Gasteiger partial charge in [0, 0.05) is 28.4 Å². The van der Waals surface area contributed by atoms with Crippen LogP contribution in [0.5, 0.6) is 0 Å². The van der Waals surface area contributed by atoms with Crippen molar-refractivity contribution in [1.82, 2.24) is 9.47 Å². The van der Waals surface area contributed by atoms with E-state index in [1.807, 2.05) is 0 Å². The average molecular weight is 667 g/mol. The molecule has 0 N–H and O–H groups in total. The second kappa shape index (κ2) is 10.7. The number of thiazole rings is 1. The molecule has 3 amide bonds. The van der Waals surface area contributed by atoms with Crippen molar-refractivity contribution in [3.05, 3.63) is 78.7 Å². The van der Waals surface area contributed by atoms with Gasteiger partial charge in [-0.25, -0.2) is 4.90 Å². The minimum Gasteiger partial charge on any atom is -0.341 e. The molecule has 1 aromatic heterocycles. The number of fused-ring (bicyclic) bond motifs is 2. The molecule has 3 aliphatic heterocycles. The average Bonchev–Trinajstić information content (AvgIpc) is 3.39. The van der Waals surface area contributed by atoms with E-state index in [-0.39, 0.29) is 17.3 Å². The number of carbonyl (C=O) groups is 3. The number of para-hydroxylation sites is 1. The number of anilines is 1. The van der Waals surface area contributed by atoms with Crippen LogP contribution in [0.15, 0.2) is 62.8 Å². The Bertz CT molecular complexity index is 1620. The second-order valence-corrected chi connectivity index (χ2v) is 13.2. The first-order valence-corrected chi connectivity index (χ1v) is 15.5. The molecule has 0 radical (unpaired) electrons. The van der Waals surface area contributed by atoms with Crippen LogP contribution in [0.3, 0.4) is 0 Å². The highest BCUT2D eigenvalue weighted by Crippen LogP contribution is 2.54. The van der Waals surface area contributed by atoms with Gasteiger partial charge in [-0.1, -0.05) is 63.3 Å². The van der Waals surface area contributed by atoms with Gasteiger partial charge in [0.25, 0.3) is 0 Å². The molecule has 0 spiro atoms. The SMILES string of the molecule is O=C(Cn1c2c(sc1=O)[C@@H](c1cccc(Br)c1)[C@@H]1C(=O)N(c3ccccc3C(F)(F)F)C(=O)[C@@H]1S2)N1CCCCC1. The van der Waals surface area contributed by atoms with Crippen molar-refractivity contribution in [1.29, 1.82) is 0 Å². The molecule has 2 fully saturated rings. The van der Waals surface area contributed by atoms with E-state index in [2.05, 4.69) is 15.9 Å². The third kappa shape index (κ3) is 4.95. The number of thioether (sulfide) groups is 1. The molecule has 0 saturated carbocycles. The van der Waals surface area contributed by atoms with Crippen LogP contribution in [-0.4, -0.2) is 45.5 Å². The number of hydrogen-bond acceptors (Lipinski definition) is 6. The van der Waals surface area contributed by atoms with E-state index in [1.54, 1.807) is 29.2 Å². The van der Waals surface area contributed by atoms with Gasteiger partial charge in [0.05, 0.1) is 22.2 Å². The molecule has 0 unspecified atom stereocenters. The van der Waals surface area contributed by atoms with E-state index < -0.39 is 46.3 Å². The maximum absolute atomic E-state index is 14.0. The highest BCUT2D eigenvalue weighted by atomic mass is 79.9. The molecule has 7 nitrogen and oxygen atoms in total. The van der Waals surface area contributed by atoms with Crippen molar-refractivity contribution in [2.45, 2.75) is 48.2 Å². The Balaban J connectivity index is 1.46. The van der Waals surface area contributed by atoms with E-state index in [0.717, 1.165) is 54.5 Å². The van der Waals surface area contributed by atoms with Gasteiger partial charge in [0.1, 0.15) is 11.8 Å². The molecule has 4 heterocycles. The number of benzene rings is 2. The molecule has 3 aromatic rings. The van der Waals surface area contributed by atoms with Gasteiger partial charge < -0.3 is 4.90 Å². The third-order valence-corrected chi connectivity index (χ3v) is 10.8. The summed E-state index contributed by atoms with van der Waals surface area (Å²) in [5.41, 5.74) is -0.957. The van der Waals surface area contributed by atoms with Gasteiger partial charge in [-0.3, -0.25) is 23.7 Å². The van der Waals surface area contributed by atoms with Crippen LogP contribution < -0.4 is 9.77 Å². The summed E-state index contributed by atoms with van der Waals surface area (Å²) in [7, 11) is 0. The van der Waals surface area contributed by atoms with Crippen LogP contribution in [0, 0.1) is 5.92 Å². The van der Waals surface area contributed by atoms with Crippen LogP contribution in [0.2, 0.25) is 0 Å². The summed E-state index contributed by atoms with van der Waals surface area (Å²) in [6, 6.07) is 11.6. The molecule has 0 aliphatic carbocycles. The molecule has 214 valence electrons. The van der Waals surface area contributed by atoms with Crippen molar-refractivity contribution in [3.8, 4) is 0 Å². The molecule has 13 heteroatoms. The molecule has 6 rings (SSSR count). The number of carbonyl (C=O) groups excluding carboxylic acids is 3. The number of aromatic nitrogens is 1. The van der Waals surface area contributed by atoms with E-state index in [4.69, 9.17) is 0 Å². The van der Waals surface area contributed by atoms with Crippen LogP contribution in [-0.2, 0) is 27.1 Å². The fourth-order valence-corrected chi connectivity index (χ4v) is 9.03. The zero-order valence-electron chi connectivity index (χ0n) is 21.4. The molecule has 2 saturated heterocycles. The second-order valence-electron chi connectivity index (χ2n) is 10.2. The summed E-state index contributed by atoms with van der Waals surface area (Å²) in [5, 5.41) is -0.672. The van der Waals surface area contributed by atoms with Crippen molar-refractivity contribution in [2.24, 2.45) is 5.92 Å². The molecule has 2 aromatic carbocycles. The lowest BCUT2D eigenvalue weighted by molar-refractivity contribution is -0.137. The number of halogens is 4. The van der Waals surface area contributed by atoms with Crippen molar-refractivity contribution < 1.29 is 27.6 Å². The predicted molar refractivity (Wildman–Crippen MR) is 152 cm³/mol. The molecule has 0 bridgehead atoms. The quantitative estimate of drug-likeness (QED) is 0.344. The first kappa shape index (κ1) is 28.2. The summed E-state index contributed by atoms with van der Waals surface area (Å²) >= 11 is 5.34. The number of rotatable bonds is 4. The van der Waals surface area contributed by atoms with E-state index >= 15 is 0 Å². The highest BCUT2D eigenvalue weighted by molar-refractivity contribution is 9.10. The zero-order valence-corrected chi connectivity index (χ0v) is 24.6. The van der Waals surface area contributed by atoms with Crippen LogP contribution >= 0.6 is 39.0 Å². The molecule has 3 atom stereocenters. The maximum Gasteiger partial charge on any atom is 0.418 e. The van der Waals surface area contributed by atoms with Crippen LogP contribution in [0.1, 0.15) is 41.2 Å². The normalized spacial score (nSPS) is 22.6. The Labute approximate surface area is 249 Å². The Morgan fingerprint density at radius 1 is 0.976 bits per heavy atom. The summed E-state index contributed by atoms with van der Waals surface area (Å²) in [5.74, 6) is -3.54. The summed E-state index contributed by atoms with van der Waals surface area (Å²) in [4.78, 5) is 56.7. The first-order valence-electron chi connectivity index (χ1n) is 13.0. The van der Waals surface area contributed by atoms with Gasteiger partial charge >= 0.3 is 11.0 Å². The molecular weight excluding hydrogens is 643 g/mol. The largest absolute Gasteiger partial charge is 0.418 e. The lowest BCUT2D eigenvalue weighted by Crippen LogP contribution is -2.39. The predicted octanol–water partition coefficient (Wildman–Crippen LogP) is 5.50. The van der Waals surface area contributed by atoms with Gasteiger partial charge in [0.2, 0.25) is 17.7 Å². The molecule has 3 aliphatic rings. The van der Waals surface area contributed by atoms with E-state index in [0.29, 0.717) is 37.9 Å². The van der Waals surface area contributed by atoms with Gasteiger partial charge in [-0.05, 0) is 49.1 Å². The Morgan fingerprint density at radius 3 is 2.41 bits per heavy atom. The minimum atomic E-state index is -4.78. The standard InChI is InChI=1S/C28H23BrF3N3O4S2/c29-16-8-6-7-15(13-16)20-21-22(25(38)35(24(21)37)18-10-3-2-9-17(18)28(30,31)32)40-26-23(20)41-27(39)34(26)14-19(36)33-11-4-1-5-12-33/h2-3,6-10,13,20-22H,1,4-5,11-12,14H2/t20-,21-,22+/m0/s1. The van der Waals surface area contributed by atoms with E-state index in [9.17, 15) is 32.3 Å². The number of amides is 3. The molecular formula is C28H23BrF3N3O4S2. The zero-order chi connectivity index (χ0) is 29.1. The van der Waals surface area contributed by atoms with Gasteiger partial charge in [0.15, 0.2) is 0 Å².